The molecule has 0 spiro atoms. The van der Waals surface area contributed by atoms with Crippen LogP contribution in [0.25, 0.3) is 11.5 Å². The number of rotatable bonds is 6. The lowest BCUT2D eigenvalue weighted by Gasteiger charge is -2.08. The van der Waals surface area contributed by atoms with Crippen molar-refractivity contribution in [3.8, 4) is 11.5 Å². The van der Waals surface area contributed by atoms with Gasteiger partial charge in [-0.3, -0.25) is 14.9 Å². The molecule has 144 valence electrons. The first kappa shape index (κ1) is 19.6. The molecule has 0 saturated carbocycles. The second kappa shape index (κ2) is 8.22. The second-order valence-electron chi connectivity index (χ2n) is 6.24. The van der Waals surface area contributed by atoms with Crippen molar-refractivity contribution >= 4 is 29.0 Å². The number of thioether (sulfide) groups is 1. The average Bonchev–Trinajstić information content (AvgIpc) is 3.12. The van der Waals surface area contributed by atoms with Crippen LogP contribution in [0.4, 0.5) is 11.4 Å². The number of aryl methyl sites for hydroxylation is 3. The van der Waals surface area contributed by atoms with Crippen LogP contribution in [-0.2, 0) is 4.79 Å². The molecule has 3 rings (SSSR count). The number of hydrogen-bond donors (Lipinski definition) is 1. The third-order valence-electron chi connectivity index (χ3n) is 4.19. The number of anilines is 1. The summed E-state index contributed by atoms with van der Waals surface area (Å²) in [5.41, 5.74) is 3.51. The summed E-state index contributed by atoms with van der Waals surface area (Å²) in [5, 5.41) is 22.0. The van der Waals surface area contributed by atoms with Gasteiger partial charge in [0.05, 0.1) is 10.7 Å². The standard InChI is InChI=1S/C19H18N4O4S/c1-11-6-4-5-7-14(11)18-21-22-19(27-18)28-10-17(24)20-15-8-12(2)13(3)9-16(15)23(25)26/h4-9H,10H2,1-3H3,(H,20,24). The number of nitrogens with one attached hydrogen (secondary N) is 1. The third-order valence-corrected chi connectivity index (χ3v) is 5.01. The Morgan fingerprint density at radius 2 is 1.86 bits per heavy atom. The van der Waals surface area contributed by atoms with E-state index in [0.717, 1.165) is 34.0 Å². The molecule has 0 bridgehead atoms. The first-order valence-electron chi connectivity index (χ1n) is 8.43. The molecule has 0 aliphatic carbocycles. The van der Waals surface area contributed by atoms with Crippen LogP contribution in [0.15, 0.2) is 46.0 Å². The largest absolute Gasteiger partial charge is 0.411 e. The summed E-state index contributed by atoms with van der Waals surface area (Å²) in [7, 11) is 0. The van der Waals surface area contributed by atoms with Gasteiger partial charge >= 0.3 is 0 Å². The van der Waals surface area contributed by atoms with Gasteiger partial charge in [-0.15, -0.1) is 10.2 Å². The number of amides is 1. The Balaban J connectivity index is 1.67. The van der Waals surface area contributed by atoms with Crippen LogP contribution >= 0.6 is 11.8 Å². The van der Waals surface area contributed by atoms with Crippen molar-refractivity contribution in [1.82, 2.24) is 10.2 Å². The molecule has 1 aromatic heterocycles. The smallest absolute Gasteiger partial charge is 0.293 e. The van der Waals surface area contributed by atoms with E-state index in [2.05, 4.69) is 15.5 Å². The van der Waals surface area contributed by atoms with E-state index in [0.29, 0.717) is 5.89 Å². The van der Waals surface area contributed by atoms with Crippen LogP contribution in [-0.4, -0.2) is 26.8 Å². The van der Waals surface area contributed by atoms with Gasteiger partial charge in [0.25, 0.3) is 10.9 Å². The van der Waals surface area contributed by atoms with Gasteiger partial charge in [0.15, 0.2) is 0 Å². The normalized spacial score (nSPS) is 10.7. The number of carbonyl (C=O) groups excluding carboxylic acids is 1. The summed E-state index contributed by atoms with van der Waals surface area (Å²) in [6.07, 6.45) is 0. The summed E-state index contributed by atoms with van der Waals surface area (Å²) in [6, 6.07) is 10.7. The lowest BCUT2D eigenvalue weighted by Crippen LogP contribution is -2.15. The summed E-state index contributed by atoms with van der Waals surface area (Å²) >= 11 is 1.07. The zero-order chi connectivity index (χ0) is 20.3. The molecule has 0 radical (unpaired) electrons. The molecule has 1 N–H and O–H groups in total. The fourth-order valence-corrected chi connectivity index (χ4v) is 3.12. The van der Waals surface area contributed by atoms with Crippen molar-refractivity contribution in [1.29, 1.82) is 0 Å². The minimum atomic E-state index is -0.512. The Labute approximate surface area is 165 Å². The number of nitro benzene ring substituents is 1. The number of aromatic nitrogens is 2. The molecule has 0 fully saturated rings. The lowest BCUT2D eigenvalue weighted by atomic mass is 10.1. The molecule has 28 heavy (non-hydrogen) atoms. The highest BCUT2D eigenvalue weighted by molar-refractivity contribution is 7.99. The molecule has 9 heteroatoms. The number of nitro groups is 1. The molecule has 0 saturated heterocycles. The highest BCUT2D eigenvalue weighted by Gasteiger charge is 2.18. The highest BCUT2D eigenvalue weighted by Crippen LogP contribution is 2.29. The molecule has 0 unspecified atom stereocenters. The topological polar surface area (TPSA) is 111 Å². The van der Waals surface area contributed by atoms with Gasteiger partial charge in [-0.2, -0.15) is 0 Å². The van der Waals surface area contributed by atoms with Crippen molar-refractivity contribution in [2.75, 3.05) is 11.1 Å². The van der Waals surface area contributed by atoms with Crippen molar-refractivity contribution < 1.29 is 14.1 Å². The zero-order valence-corrected chi connectivity index (χ0v) is 16.4. The van der Waals surface area contributed by atoms with Gasteiger partial charge in [0.1, 0.15) is 5.69 Å². The van der Waals surface area contributed by atoms with Crippen molar-refractivity contribution in [3.63, 3.8) is 0 Å². The quantitative estimate of drug-likeness (QED) is 0.374. The van der Waals surface area contributed by atoms with Crippen LogP contribution in [0.1, 0.15) is 16.7 Å². The molecule has 0 atom stereocenters. The SMILES string of the molecule is Cc1cc(NC(=O)CSc2nnc(-c3ccccc3C)o2)c([N+](=O)[O-])cc1C. The van der Waals surface area contributed by atoms with E-state index < -0.39 is 10.8 Å². The number of carbonyl (C=O) groups is 1. The Kier molecular flexibility index (Phi) is 5.74. The predicted octanol–water partition coefficient (Wildman–Crippen LogP) is 4.30. The van der Waals surface area contributed by atoms with Gasteiger partial charge in [0.2, 0.25) is 11.8 Å². The fraction of sp³-hybridized carbons (Fsp3) is 0.211. The molecule has 0 aliphatic rings. The van der Waals surface area contributed by atoms with E-state index in [9.17, 15) is 14.9 Å². The van der Waals surface area contributed by atoms with Crippen molar-refractivity contribution in [2.24, 2.45) is 0 Å². The third kappa shape index (κ3) is 4.37. The average molecular weight is 398 g/mol. The first-order valence-corrected chi connectivity index (χ1v) is 9.41. The number of benzene rings is 2. The maximum absolute atomic E-state index is 12.2. The molecule has 0 aliphatic heterocycles. The molecule has 2 aromatic carbocycles. The van der Waals surface area contributed by atoms with E-state index in [1.54, 1.807) is 13.0 Å². The molecular weight excluding hydrogens is 380 g/mol. The van der Waals surface area contributed by atoms with E-state index >= 15 is 0 Å². The number of nitrogens with zero attached hydrogens (tertiary/aromatic N) is 3. The molecule has 1 heterocycles. The minimum Gasteiger partial charge on any atom is -0.411 e. The minimum absolute atomic E-state index is 0.0144. The Morgan fingerprint density at radius 3 is 2.57 bits per heavy atom. The Morgan fingerprint density at radius 1 is 1.14 bits per heavy atom. The van der Waals surface area contributed by atoms with Crippen LogP contribution in [0.3, 0.4) is 0 Å². The van der Waals surface area contributed by atoms with E-state index in [4.69, 9.17) is 4.42 Å². The van der Waals surface area contributed by atoms with Crippen LogP contribution in [0.5, 0.6) is 0 Å². The van der Waals surface area contributed by atoms with Gasteiger partial charge in [-0.25, -0.2) is 0 Å². The highest BCUT2D eigenvalue weighted by atomic mass is 32.2. The molecule has 1 amide bonds. The van der Waals surface area contributed by atoms with Crippen molar-refractivity contribution in [3.05, 3.63) is 63.2 Å². The second-order valence-corrected chi connectivity index (χ2v) is 7.16. The maximum Gasteiger partial charge on any atom is 0.293 e. The van der Waals surface area contributed by atoms with Crippen LogP contribution < -0.4 is 5.32 Å². The Hall–Kier alpha value is -3.20. The Bertz CT molecular complexity index is 1050. The van der Waals surface area contributed by atoms with E-state index in [1.807, 2.05) is 38.1 Å². The van der Waals surface area contributed by atoms with E-state index in [1.165, 1.54) is 6.07 Å². The van der Waals surface area contributed by atoms with Crippen molar-refractivity contribution in [2.45, 2.75) is 26.0 Å². The van der Waals surface area contributed by atoms with Gasteiger partial charge in [-0.05, 0) is 49.6 Å². The molecular formula is C19H18N4O4S. The summed E-state index contributed by atoms with van der Waals surface area (Å²) < 4.78 is 5.60. The monoisotopic (exact) mass is 398 g/mol. The fourth-order valence-electron chi connectivity index (χ4n) is 2.56. The predicted molar refractivity (Wildman–Crippen MR) is 106 cm³/mol. The lowest BCUT2D eigenvalue weighted by molar-refractivity contribution is -0.384. The van der Waals surface area contributed by atoms with Crippen LogP contribution in [0.2, 0.25) is 0 Å². The summed E-state index contributed by atoms with van der Waals surface area (Å²) in [4.78, 5) is 23.0. The van der Waals surface area contributed by atoms with Crippen LogP contribution in [0, 0.1) is 30.9 Å². The first-order chi connectivity index (χ1) is 13.3. The van der Waals surface area contributed by atoms with Gasteiger partial charge < -0.3 is 9.73 Å². The molecule has 8 nitrogen and oxygen atoms in total. The van der Waals surface area contributed by atoms with Gasteiger partial charge in [0, 0.05) is 11.6 Å². The summed E-state index contributed by atoms with van der Waals surface area (Å²) in [6.45, 7) is 5.55. The van der Waals surface area contributed by atoms with Gasteiger partial charge in [-0.1, -0.05) is 30.0 Å². The molecule has 3 aromatic rings. The maximum atomic E-state index is 12.2. The zero-order valence-electron chi connectivity index (χ0n) is 15.6. The summed E-state index contributed by atoms with van der Waals surface area (Å²) in [5.74, 6) is -0.0303. The number of hydrogen-bond acceptors (Lipinski definition) is 7. The van der Waals surface area contributed by atoms with E-state index in [-0.39, 0.29) is 22.4 Å².